The zero-order chi connectivity index (χ0) is 18.5. The van der Waals surface area contributed by atoms with Crippen LogP contribution in [0.5, 0.6) is 5.75 Å². The van der Waals surface area contributed by atoms with Gasteiger partial charge in [-0.25, -0.2) is 14.8 Å². The molecule has 0 fully saturated rings. The summed E-state index contributed by atoms with van der Waals surface area (Å²) in [7, 11) is 3.30. The smallest absolute Gasteiger partial charge is 0.356 e. The summed E-state index contributed by atoms with van der Waals surface area (Å²) in [4.78, 5) is 20.6. The topological polar surface area (TPSA) is 91.2 Å². The first-order valence-corrected chi connectivity index (χ1v) is 8.06. The Hall–Kier alpha value is -3.42. The number of aromatic nitrogens is 4. The van der Waals surface area contributed by atoms with E-state index in [4.69, 9.17) is 9.47 Å². The monoisotopic (exact) mass is 353 g/mol. The number of methoxy groups -OCH3 is 1. The third kappa shape index (κ3) is 3.80. The number of rotatable bonds is 6. The van der Waals surface area contributed by atoms with Crippen molar-refractivity contribution in [1.29, 1.82) is 0 Å². The SMILES string of the molecule is CCOC(=O)c1cc(-c2ccnc(Nc3cccc(OC)c3)n2)nn1C. The van der Waals surface area contributed by atoms with E-state index < -0.39 is 5.97 Å². The summed E-state index contributed by atoms with van der Waals surface area (Å²) in [6, 6.07) is 10.8. The van der Waals surface area contributed by atoms with Gasteiger partial charge in [-0.3, -0.25) is 4.68 Å². The van der Waals surface area contributed by atoms with E-state index in [1.807, 2.05) is 24.3 Å². The average Bonchev–Trinajstić information content (AvgIpc) is 3.04. The fourth-order valence-electron chi connectivity index (χ4n) is 2.38. The van der Waals surface area contributed by atoms with Gasteiger partial charge < -0.3 is 14.8 Å². The lowest BCUT2D eigenvalue weighted by Crippen LogP contribution is -2.10. The molecule has 0 saturated heterocycles. The van der Waals surface area contributed by atoms with Crippen molar-refractivity contribution >= 4 is 17.6 Å². The summed E-state index contributed by atoms with van der Waals surface area (Å²) < 4.78 is 11.7. The Morgan fingerprint density at radius 2 is 2.08 bits per heavy atom. The molecule has 8 heteroatoms. The molecule has 0 amide bonds. The Labute approximate surface area is 150 Å². The third-order valence-corrected chi connectivity index (χ3v) is 3.61. The van der Waals surface area contributed by atoms with Gasteiger partial charge in [0.05, 0.1) is 19.4 Å². The Balaban J connectivity index is 1.85. The summed E-state index contributed by atoms with van der Waals surface area (Å²) in [6.07, 6.45) is 1.63. The summed E-state index contributed by atoms with van der Waals surface area (Å²) in [6.45, 7) is 2.07. The van der Waals surface area contributed by atoms with E-state index in [0.29, 0.717) is 29.6 Å². The van der Waals surface area contributed by atoms with Gasteiger partial charge in [0.25, 0.3) is 0 Å². The molecule has 0 aliphatic heterocycles. The lowest BCUT2D eigenvalue weighted by Gasteiger charge is -2.07. The second-order valence-corrected chi connectivity index (χ2v) is 5.38. The fourth-order valence-corrected chi connectivity index (χ4v) is 2.38. The van der Waals surface area contributed by atoms with Crippen LogP contribution in [0.2, 0.25) is 0 Å². The van der Waals surface area contributed by atoms with Gasteiger partial charge in [-0.15, -0.1) is 0 Å². The van der Waals surface area contributed by atoms with Crippen LogP contribution in [-0.2, 0) is 11.8 Å². The molecule has 2 aromatic heterocycles. The highest BCUT2D eigenvalue weighted by atomic mass is 16.5. The minimum absolute atomic E-state index is 0.307. The average molecular weight is 353 g/mol. The van der Waals surface area contributed by atoms with E-state index in [0.717, 1.165) is 11.4 Å². The highest BCUT2D eigenvalue weighted by Crippen LogP contribution is 2.22. The van der Waals surface area contributed by atoms with E-state index in [2.05, 4.69) is 20.4 Å². The Bertz CT molecular complexity index is 923. The molecule has 0 aliphatic carbocycles. The number of carbonyl (C=O) groups excluding carboxylic acids is 1. The number of ether oxygens (including phenoxy) is 2. The summed E-state index contributed by atoms with van der Waals surface area (Å²) in [5.41, 5.74) is 2.32. The maximum absolute atomic E-state index is 11.9. The van der Waals surface area contributed by atoms with Gasteiger partial charge in [0.15, 0.2) is 0 Å². The fraction of sp³-hybridized carbons (Fsp3) is 0.222. The van der Waals surface area contributed by atoms with Crippen molar-refractivity contribution in [3.63, 3.8) is 0 Å². The number of nitrogens with zero attached hydrogens (tertiary/aromatic N) is 4. The second-order valence-electron chi connectivity index (χ2n) is 5.38. The van der Waals surface area contributed by atoms with E-state index >= 15 is 0 Å². The number of anilines is 2. The van der Waals surface area contributed by atoms with Crippen LogP contribution in [0.25, 0.3) is 11.4 Å². The largest absolute Gasteiger partial charge is 0.497 e. The van der Waals surface area contributed by atoms with Gasteiger partial charge in [-0.2, -0.15) is 5.10 Å². The number of benzene rings is 1. The molecule has 0 spiro atoms. The summed E-state index contributed by atoms with van der Waals surface area (Å²) in [5.74, 6) is 0.728. The van der Waals surface area contributed by atoms with Crippen molar-refractivity contribution in [2.75, 3.05) is 19.0 Å². The van der Waals surface area contributed by atoms with E-state index in [9.17, 15) is 4.79 Å². The van der Waals surface area contributed by atoms with Gasteiger partial charge in [0.1, 0.15) is 17.1 Å². The van der Waals surface area contributed by atoms with Crippen LogP contribution >= 0.6 is 0 Å². The molecule has 0 atom stereocenters. The molecule has 3 rings (SSSR count). The van der Waals surface area contributed by atoms with Crippen LogP contribution in [0.4, 0.5) is 11.6 Å². The van der Waals surface area contributed by atoms with Crippen LogP contribution in [0.3, 0.4) is 0 Å². The molecule has 0 aliphatic rings. The molecule has 1 aromatic carbocycles. The normalized spacial score (nSPS) is 10.4. The van der Waals surface area contributed by atoms with Crippen LogP contribution in [0, 0.1) is 0 Å². The molecule has 3 aromatic rings. The van der Waals surface area contributed by atoms with Gasteiger partial charge in [-0.1, -0.05) is 6.07 Å². The maximum Gasteiger partial charge on any atom is 0.356 e. The molecule has 1 N–H and O–H groups in total. The van der Waals surface area contributed by atoms with Crippen LogP contribution in [0.1, 0.15) is 17.4 Å². The lowest BCUT2D eigenvalue weighted by molar-refractivity contribution is 0.0513. The first-order chi connectivity index (χ1) is 12.6. The standard InChI is InChI=1S/C18H19N5O3/c1-4-26-17(24)16-11-15(22-23(16)2)14-8-9-19-18(21-14)20-12-6-5-7-13(10-12)25-3/h5-11H,4H2,1-3H3,(H,19,20,21). The van der Waals surface area contributed by atoms with Gasteiger partial charge in [-0.05, 0) is 25.1 Å². The van der Waals surface area contributed by atoms with Crippen molar-refractivity contribution in [1.82, 2.24) is 19.7 Å². The number of esters is 1. The molecule has 134 valence electrons. The second kappa shape index (κ2) is 7.64. The maximum atomic E-state index is 11.9. The first-order valence-electron chi connectivity index (χ1n) is 8.06. The number of hydrogen-bond acceptors (Lipinski definition) is 7. The van der Waals surface area contributed by atoms with Crippen LogP contribution < -0.4 is 10.1 Å². The predicted molar refractivity (Wildman–Crippen MR) is 96.5 cm³/mol. The van der Waals surface area contributed by atoms with E-state index in [1.165, 1.54) is 4.68 Å². The lowest BCUT2D eigenvalue weighted by atomic mass is 10.2. The number of carbonyl (C=O) groups is 1. The highest BCUT2D eigenvalue weighted by molar-refractivity contribution is 5.88. The van der Waals surface area contributed by atoms with Gasteiger partial charge in [0, 0.05) is 31.1 Å². The number of nitrogens with one attached hydrogen (secondary N) is 1. The highest BCUT2D eigenvalue weighted by Gasteiger charge is 2.16. The first kappa shape index (κ1) is 17.4. The summed E-state index contributed by atoms with van der Waals surface area (Å²) in [5, 5.41) is 7.46. The van der Waals surface area contributed by atoms with E-state index in [-0.39, 0.29) is 0 Å². The Morgan fingerprint density at radius 1 is 1.23 bits per heavy atom. The van der Waals surface area contributed by atoms with Gasteiger partial charge >= 0.3 is 5.97 Å². The zero-order valence-corrected chi connectivity index (χ0v) is 14.8. The molecule has 0 unspecified atom stereocenters. The minimum atomic E-state index is -0.419. The molecule has 8 nitrogen and oxygen atoms in total. The van der Waals surface area contributed by atoms with Crippen molar-refractivity contribution in [3.8, 4) is 17.1 Å². The Kier molecular flexibility index (Phi) is 5.12. The van der Waals surface area contributed by atoms with E-state index in [1.54, 1.807) is 39.4 Å². The molecule has 26 heavy (non-hydrogen) atoms. The molecule has 0 radical (unpaired) electrons. The molecule has 0 bridgehead atoms. The number of aryl methyl sites for hydroxylation is 1. The van der Waals surface area contributed by atoms with Crippen molar-refractivity contribution in [3.05, 3.63) is 48.3 Å². The van der Waals surface area contributed by atoms with Crippen molar-refractivity contribution in [2.24, 2.45) is 7.05 Å². The zero-order valence-electron chi connectivity index (χ0n) is 14.8. The molecular weight excluding hydrogens is 334 g/mol. The predicted octanol–water partition coefficient (Wildman–Crippen LogP) is 2.81. The number of hydrogen-bond donors (Lipinski definition) is 1. The van der Waals surface area contributed by atoms with Crippen LogP contribution in [-0.4, -0.2) is 39.4 Å². The quantitative estimate of drug-likeness (QED) is 0.681. The van der Waals surface area contributed by atoms with Gasteiger partial charge in [0.2, 0.25) is 5.95 Å². The molecule has 2 heterocycles. The van der Waals surface area contributed by atoms with Crippen molar-refractivity contribution in [2.45, 2.75) is 6.92 Å². The molecular formula is C18H19N5O3. The van der Waals surface area contributed by atoms with Crippen molar-refractivity contribution < 1.29 is 14.3 Å². The third-order valence-electron chi connectivity index (χ3n) is 3.61. The summed E-state index contributed by atoms with van der Waals surface area (Å²) >= 11 is 0. The minimum Gasteiger partial charge on any atom is -0.497 e. The molecule has 0 saturated carbocycles. The Morgan fingerprint density at radius 3 is 2.85 bits per heavy atom. The van der Waals surface area contributed by atoms with Crippen LogP contribution in [0.15, 0.2) is 42.6 Å².